The van der Waals surface area contributed by atoms with E-state index in [4.69, 9.17) is 9.15 Å². The molecular formula is C24H24I2O4. The van der Waals surface area contributed by atoms with Crippen LogP contribution in [-0.2, 0) is 6.42 Å². The van der Waals surface area contributed by atoms with Crippen LogP contribution in [0.1, 0.15) is 61.2 Å². The number of halogens is 2. The van der Waals surface area contributed by atoms with Crippen molar-refractivity contribution in [1.29, 1.82) is 0 Å². The molecular weight excluding hydrogens is 606 g/mol. The van der Waals surface area contributed by atoms with Gasteiger partial charge < -0.3 is 14.3 Å². The Kier molecular flexibility index (Phi) is 7.84. The average Bonchev–Trinajstić information content (AvgIpc) is 3.06. The van der Waals surface area contributed by atoms with Gasteiger partial charge in [-0.25, -0.2) is 0 Å². The number of hydrogen-bond acceptors (Lipinski definition) is 4. The molecule has 0 aliphatic heterocycles. The first-order valence-electron chi connectivity index (χ1n) is 9.99. The number of allylic oxidation sites excluding steroid dienone is 1. The molecule has 0 atom stereocenters. The standard InChI is InChI=1S/C24H24I2O4/c1-4-6-8-14(3)29-16-9-10-17-21(13-16)30-20(7-5-2)22(17)23(27)15-11-18(25)24(28)19(26)12-15/h9-13,28H,3-8H2,1-2H3. The first-order valence-corrected chi connectivity index (χ1v) is 12.1. The molecule has 0 radical (unpaired) electrons. The molecule has 4 nitrogen and oxygen atoms in total. The maximum Gasteiger partial charge on any atom is 0.197 e. The highest BCUT2D eigenvalue weighted by atomic mass is 127. The molecule has 0 bridgehead atoms. The van der Waals surface area contributed by atoms with E-state index in [2.05, 4.69) is 20.4 Å². The Balaban J connectivity index is 2.02. The molecule has 1 heterocycles. The van der Waals surface area contributed by atoms with Gasteiger partial charge in [-0.2, -0.15) is 0 Å². The van der Waals surface area contributed by atoms with E-state index in [0.29, 0.717) is 41.8 Å². The number of aromatic hydroxyl groups is 1. The topological polar surface area (TPSA) is 59.7 Å². The smallest absolute Gasteiger partial charge is 0.197 e. The molecule has 0 amide bonds. The summed E-state index contributed by atoms with van der Waals surface area (Å²) in [5.41, 5.74) is 1.75. The third-order valence-electron chi connectivity index (χ3n) is 4.79. The highest BCUT2D eigenvalue weighted by Crippen LogP contribution is 2.34. The minimum atomic E-state index is -0.103. The van der Waals surface area contributed by atoms with E-state index in [1.165, 1.54) is 0 Å². The van der Waals surface area contributed by atoms with Gasteiger partial charge in [0, 0.05) is 29.9 Å². The number of unbranched alkanes of at least 4 members (excludes halogenated alkanes) is 1. The van der Waals surface area contributed by atoms with Gasteiger partial charge in [-0.3, -0.25) is 4.79 Å². The van der Waals surface area contributed by atoms with Crippen molar-refractivity contribution in [1.82, 2.24) is 0 Å². The molecule has 0 spiro atoms. The van der Waals surface area contributed by atoms with Crippen molar-refractivity contribution in [3.05, 3.63) is 66.7 Å². The van der Waals surface area contributed by atoms with E-state index >= 15 is 0 Å². The van der Waals surface area contributed by atoms with Crippen LogP contribution in [0.5, 0.6) is 11.5 Å². The lowest BCUT2D eigenvalue weighted by Crippen LogP contribution is -2.05. The third-order valence-corrected chi connectivity index (χ3v) is 6.43. The van der Waals surface area contributed by atoms with Crippen molar-refractivity contribution < 1.29 is 19.1 Å². The molecule has 2 aromatic carbocycles. The van der Waals surface area contributed by atoms with Crippen molar-refractivity contribution >= 4 is 61.9 Å². The van der Waals surface area contributed by atoms with Gasteiger partial charge in [0.25, 0.3) is 0 Å². The number of benzene rings is 2. The van der Waals surface area contributed by atoms with Crippen molar-refractivity contribution in [2.45, 2.75) is 46.0 Å². The maximum atomic E-state index is 13.4. The number of ether oxygens (including phenoxy) is 1. The van der Waals surface area contributed by atoms with Crippen molar-refractivity contribution in [3.63, 3.8) is 0 Å². The second-order valence-electron chi connectivity index (χ2n) is 7.17. The predicted octanol–water partition coefficient (Wildman–Crippen LogP) is 7.61. The number of phenols is 1. The third kappa shape index (κ3) is 5.01. The molecule has 158 valence electrons. The fourth-order valence-corrected chi connectivity index (χ4v) is 5.04. The van der Waals surface area contributed by atoms with Crippen LogP contribution < -0.4 is 4.74 Å². The quantitative estimate of drug-likeness (QED) is 0.150. The Bertz CT molecular complexity index is 1080. The van der Waals surface area contributed by atoms with Gasteiger partial charge in [-0.15, -0.1) is 0 Å². The second kappa shape index (κ2) is 10.2. The Morgan fingerprint density at radius 2 is 1.83 bits per heavy atom. The van der Waals surface area contributed by atoms with Gasteiger partial charge >= 0.3 is 0 Å². The summed E-state index contributed by atoms with van der Waals surface area (Å²) in [6, 6.07) is 8.98. The van der Waals surface area contributed by atoms with Crippen molar-refractivity contribution in [3.8, 4) is 11.5 Å². The molecule has 0 aliphatic carbocycles. The van der Waals surface area contributed by atoms with Crippen molar-refractivity contribution in [2.24, 2.45) is 0 Å². The molecule has 3 aromatic rings. The number of ketones is 1. The predicted molar refractivity (Wildman–Crippen MR) is 136 cm³/mol. The molecule has 0 aliphatic rings. The largest absolute Gasteiger partial charge is 0.506 e. The molecule has 3 rings (SSSR count). The van der Waals surface area contributed by atoms with Crippen LogP contribution in [0.15, 0.2) is 47.1 Å². The summed E-state index contributed by atoms with van der Waals surface area (Å²) in [6.45, 7) is 8.17. The van der Waals surface area contributed by atoms with Crippen LogP contribution in [0, 0.1) is 7.14 Å². The summed E-state index contributed by atoms with van der Waals surface area (Å²) >= 11 is 4.08. The van der Waals surface area contributed by atoms with E-state index in [-0.39, 0.29) is 11.5 Å². The minimum absolute atomic E-state index is 0.103. The number of phenolic OH excluding ortho intramolecular Hbond substituents is 1. The van der Waals surface area contributed by atoms with Gasteiger partial charge in [0.05, 0.1) is 18.5 Å². The van der Waals surface area contributed by atoms with Crippen LogP contribution in [0.3, 0.4) is 0 Å². The Morgan fingerprint density at radius 3 is 2.47 bits per heavy atom. The summed E-state index contributed by atoms with van der Waals surface area (Å²) in [5, 5.41) is 10.8. The van der Waals surface area contributed by atoms with Gasteiger partial charge in [-0.05, 0) is 82.3 Å². The highest BCUT2D eigenvalue weighted by Gasteiger charge is 2.23. The molecule has 0 saturated carbocycles. The molecule has 6 heteroatoms. The summed E-state index contributed by atoms with van der Waals surface area (Å²) < 4.78 is 13.2. The van der Waals surface area contributed by atoms with E-state index < -0.39 is 0 Å². The molecule has 1 aromatic heterocycles. The molecule has 0 saturated heterocycles. The number of aryl methyl sites for hydroxylation is 1. The van der Waals surface area contributed by atoms with E-state index in [9.17, 15) is 9.90 Å². The fourth-order valence-electron chi connectivity index (χ4n) is 3.28. The van der Waals surface area contributed by atoms with Crippen molar-refractivity contribution in [2.75, 3.05) is 0 Å². The first kappa shape index (κ1) is 23.1. The lowest BCUT2D eigenvalue weighted by Gasteiger charge is -2.08. The summed E-state index contributed by atoms with van der Waals surface area (Å²) in [5.74, 6) is 2.16. The highest BCUT2D eigenvalue weighted by molar-refractivity contribution is 14.1. The molecule has 1 N–H and O–H groups in total. The SMILES string of the molecule is C=C(CCCC)Oc1ccc2c(C(=O)c3cc(I)c(O)c(I)c3)c(CCC)oc2c1. The maximum absolute atomic E-state index is 13.4. The van der Waals surface area contributed by atoms with Crippen LogP contribution in [0.4, 0.5) is 0 Å². The Labute approximate surface area is 204 Å². The first-order chi connectivity index (χ1) is 14.3. The molecule has 0 fully saturated rings. The zero-order valence-electron chi connectivity index (χ0n) is 17.1. The lowest BCUT2D eigenvalue weighted by atomic mass is 9.98. The number of furan rings is 1. The van der Waals surface area contributed by atoms with Crippen LogP contribution in [0.25, 0.3) is 11.0 Å². The van der Waals surface area contributed by atoms with Crippen LogP contribution in [0.2, 0.25) is 0 Å². The summed E-state index contributed by atoms with van der Waals surface area (Å²) in [6.07, 6.45) is 4.46. The number of hydrogen-bond donors (Lipinski definition) is 1. The number of carbonyl (C=O) groups is 1. The van der Waals surface area contributed by atoms with E-state index in [0.717, 1.165) is 36.8 Å². The minimum Gasteiger partial charge on any atom is -0.506 e. The second-order valence-corrected chi connectivity index (χ2v) is 9.49. The number of carbonyl (C=O) groups excluding carboxylic acids is 1. The zero-order valence-corrected chi connectivity index (χ0v) is 21.4. The van der Waals surface area contributed by atoms with E-state index in [1.807, 2.05) is 63.4 Å². The monoisotopic (exact) mass is 630 g/mol. The normalized spacial score (nSPS) is 11.1. The van der Waals surface area contributed by atoms with Gasteiger partial charge in [-0.1, -0.05) is 26.8 Å². The zero-order chi connectivity index (χ0) is 21.8. The summed E-state index contributed by atoms with van der Waals surface area (Å²) in [7, 11) is 0. The van der Waals surface area contributed by atoms with Crippen LogP contribution >= 0.6 is 45.2 Å². The molecule has 0 unspecified atom stereocenters. The van der Waals surface area contributed by atoms with Gasteiger partial charge in [0.2, 0.25) is 0 Å². The summed E-state index contributed by atoms with van der Waals surface area (Å²) in [4.78, 5) is 13.4. The Morgan fingerprint density at radius 1 is 1.13 bits per heavy atom. The van der Waals surface area contributed by atoms with E-state index in [1.54, 1.807) is 12.1 Å². The Hall–Kier alpha value is -1.55. The van der Waals surface area contributed by atoms with Gasteiger partial charge in [0.1, 0.15) is 22.8 Å². The number of rotatable bonds is 9. The molecule has 30 heavy (non-hydrogen) atoms. The average molecular weight is 630 g/mol. The lowest BCUT2D eigenvalue weighted by molar-refractivity contribution is 0.103. The fraction of sp³-hybridized carbons (Fsp3) is 0.292. The number of fused-ring (bicyclic) bond motifs is 1. The van der Waals surface area contributed by atoms with Gasteiger partial charge in [0.15, 0.2) is 5.78 Å². The van der Waals surface area contributed by atoms with Crippen LogP contribution in [-0.4, -0.2) is 10.9 Å².